The van der Waals surface area contributed by atoms with E-state index >= 15 is 0 Å². The normalized spacial score (nSPS) is 10.2. The molecule has 3 rings (SSSR count). The minimum atomic E-state index is -0.135. The van der Waals surface area contributed by atoms with Crippen molar-refractivity contribution >= 4 is 23.2 Å². The van der Waals surface area contributed by atoms with Crippen molar-refractivity contribution in [2.24, 2.45) is 0 Å². The smallest absolute Gasteiger partial charge is 0.258 e. The molecule has 0 heterocycles. The van der Waals surface area contributed by atoms with Crippen LogP contribution >= 0.6 is 0 Å². The zero-order valence-corrected chi connectivity index (χ0v) is 17.1. The summed E-state index contributed by atoms with van der Waals surface area (Å²) in [4.78, 5) is 26.5. The molecular weight excluding hydrogens is 378 g/mol. The Balaban J connectivity index is 1.53. The second-order valence-electron chi connectivity index (χ2n) is 6.76. The van der Waals surface area contributed by atoms with Crippen molar-refractivity contribution in [1.82, 2.24) is 5.32 Å². The van der Waals surface area contributed by atoms with Gasteiger partial charge in [0, 0.05) is 30.5 Å². The van der Waals surface area contributed by atoms with Gasteiger partial charge in [0.1, 0.15) is 5.75 Å². The summed E-state index contributed by atoms with van der Waals surface area (Å²) in [5.74, 6) is 0.525. The molecule has 3 aromatic carbocycles. The second kappa shape index (κ2) is 10.1. The molecule has 0 aliphatic carbocycles. The Labute approximate surface area is 176 Å². The molecule has 2 amide bonds. The van der Waals surface area contributed by atoms with Gasteiger partial charge in [0.15, 0.2) is 0 Å². The second-order valence-corrected chi connectivity index (χ2v) is 6.76. The molecule has 0 aliphatic rings. The molecule has 6 heteroatoms. The predicted octanol–water partition coefficient (Wildman–Crippen LogP) is 3.70. The zero-order chi connectivity index (χ0) is 21.3. The van der Waals surface area contributed by atoms with Gasteiger partial charge in [-0.1, -0.05) is 36.4 Å². The molecule has 6 nitrogen and oxygen atoms in total. The Hall–Kier alpha value is -3.80. The largest absolute Gasteiger partial charge is 0.497 e. The molecule has 3 aromatic rings. The lowest BCUT2D eigenvalue weighted by molar-refractivity contribution is -0.119. The highest BCUT2D eigenvalue weighted by Crippen LogP contribution is 2.17. The fraction of sp³-hybridized carbons (Fsp3) is 0.167. The highest BCUT2D eigenvalue weighted by molar-refractivity contribution is 6.06. The number of carbonyl (C=O) groups is 2. The summed E-state index contributed by atoms with van der Waals surface area (Å²) in [7, 11) is 3.36. The van der Waals surface area contributed by atoms with E-state index in [0.717, 1.165) is 17.0 Å². The van der Waals surface area contributed by atoms with Gasteiger partial charge in [-0.15, -0.1) is 0 Å². The Kier molecular flexibility index (Phi) is 7.05. The highest BCUT2D eigenvalue weighted by atomic mass is 16.5. The van der Waals surface area contributed by atoms with Gasteiger partial charge in [-0.2, -0.15) is 0 Å². The van der Waals surface area contributed by atoms with Crippen LogP contribution in [0.1, 0.15) is 15.9 Å². The summed E-state index contributed by atoms with van der Waals surface area (Å²) in [6.45, 7) is 0.549. The van der Waals surface area contributed by atoms with E-state index < -0.39 is 0 Å². The third-order valence-electron chi connectivity index (χ3n) is 4.66. The SMILES string of the molecule is COc1ccc(CNC(=O)CNc2cccc(C(=O)N(C)c3ccccc3)c2)cc1. The third-order valence-corrected chi connectivity index (χ3v) is 4.66. The lowest BCUT2D eigenvalue weighted by Crippen LogP contribution is -2.29. The molecule has 0 atom stereocenters. The van der Waals surface area contributed by atoms with Crippen molar-refractivity contribution < 1.29 is 14.3 Å². The topological polar surface area (TPSA) is 70.7 Å². The van der Waals surface area contributed by atoms with Crippen molar-refractivity contribution in [3.8, 4) is 5.75 Å². The number of methoxy groups -OCH3 is 1. The van der Waals surface area contributed by atoms with Crippen molar-refractivity contribution in [3.63, 3.8) is 0 Å². The molecule has 0 unspecified atom stereocenters. The number of para-hydroxylation sites is 1. The van der Waals surface area contributed by atoms with Gasteiger partial charge in [-0.3, -0.25) is 9.59 Å². The third kappa shape index (κ3) is 5.61. The standard InChI is InChI=1S/C24H25N3O3/c1-27(21-9-4-3-5-10-21)24(29)19-7-6-8-20(15-19)25-17-23(28)26-16-18-11-13-22(30-2)14-12-18/h3-15,25H,16-17H2,1-2H3,(H,26,28). The Morgan fingerprint density at radius 3 is 2.37 bits per heavy atom. The number of rotatable bonds is 8. The van der Waals surface area contributed by atoms with Crippen LogP contribution in [-0.2, 0) is 11.3 Å². The Morgan fingerprint density at radius 1 is 0.933 bits per heavy atom. The van der Waals surface area contributed by atoms with Crippen LogP contribution in [0.3, 0.4) is 0 Å². The van der Waals surface area contributed by atoms with Crippen LogP contribution in [0.4, 0.5) is 11.4 Å². The molecule has 0 aliphatic heterocycles. The van der Waals surface area contributed by atoms with E-state index in [-0.39, 0.29) is 18.4 Å². The van der Waals surface area contributed by atoms with E-state index in [9.17, 15) is 9.59 Å². The van der Waals surface area contributed by atoms with E-state index in [1.165, 1.54) is 0 Å². The first kappa shape index (κ1) is 20.9. The maximum atomic E-state index is 12.8. The van der Waals surface area contributed by atoms with Gasteiger partial charge in [0.25, 0.3) is 5.91 Å². The molecule has 0 bridgehead atoms. The van der Waals surface area contributed by atoms with E-state index in [1.807, 2.05) is 60.7 Å². The number of hydrogen-bond donors (Lipinski definition) is 2. The van der Waals surface area contributed by atoms with Crippen LogP contribution < -0.4 is 20.3 Å². The van der Waals surface area contributed by atoms with Gasteiger partial charge < -0.3 is 20.3 Å². The van der Waals surface area contributed by atoms with Crippen molar-refractivity contribution in [2.45, 2.75) is 6.54 Å². The van der Waals surface area contributed by atoms with Crippen LogP contribution in [0, 0.1) is 0 Å². The maximum absolute atomic E-state index is 12.8. The molecule has 154 valence electrons. The summed E-state index contributed by atoms with van der Waals surface area (Å²) in [5, 5.41) is 5.94. The minimum Gasteiger partial charge on any atom is -0.497 e. The van der Waals surface area contributed by atoms with Crippen molar-refractivity contribution in [2.75, 3.05) is 30.9 Å². The maximum Gasteiger partial charge on any atom is 0.258 e. The van der Waals surface area contributed by atoms with Crippen LogP contribution in [0.15, 0.2) is 78.9 Å². The molecule has 0 saturated carbocycles. The van der Waals surface area contributed by atoms with Gasteiger partial charge >= 0.3 is 0 Å². The number of anilines is 2. The van der Waals surface area contributed by atoms with E-state index in [1.54, 1.807) is 37.3 Å². The Bertz CT molecular complexity index is 988. The van der Waals surface area contributed by atoms with E-state index in [4.69, 9.17) is 4.74 Å². The Morgan fingerprint density at radius 2 is 1.67 bits per heavy atom. The van der Waals surface area contributed by atoms with Crippen LogP contribution in [0.25, 0.3) is 0 Å². The minimum absolute atomic E-state index is 0.113. The van der Waals surface area contributed by atoms with Crippen LogP contribution in [-0.4, -0.2) is 32.5 Å². The number of nitrogens with zero attached hydrogens (tertiary/aromatic N) is 1. The first-order valence-corrected chi connectivity index (χ1v) is 9.63. The first-order chi connectivity index (χ1) is 14.6. The fourth-order valence-corrected chi connectivity index (χ4v) is 2.91. The number of ether oxygens (including phenoxy) is 1. The number of nitrogens with one attached hydrogen (secondary N) is 2. The molecule has 2 N–H and O–H groups in total. The van der Waals surface area contributed by atoms with Gasteiger partial charge in [-0.25, -0.2) is 0 Å². The van der Waals surface area contributed by atoms with E-state index in [2.05, 4.69) is 10.6 Å². The lowest BCUT2D eigenvalue weighted by atomic mass is 10.1. The predicted molar refractivity (Wildman–Crippen MR) is 119 cm³/mol. The first-order valence-electron chi connectivity index (χ1n) is 9.63. The summed E-state index contributed by atoms with van der Waals surface area (Å²) < 4.78 is 5.12. The average Bonchev–Trinajstić information content (AvgIpc) is 2.81. The van der Waals surface area contributed by atoms with Crippen molar-refractivity contribution in [3.05, 3.63) is 90.0 Å². The molecule has 0 aromatic heterocycles. The molecule has 0 fully saturated rings. The molecular formula is C24H25N3O3. The zero-order valence-electron chi connectivity index (χ0n) is 17.1. The summed E-state index contributed by atoms with van der Waals surface area (Å²) in [5.41, 5.74) is 3.06. The average molecular weight is 403 g/mol. The summed E-state index contributed by atoms with van der Waals surface area (Å²) in [6.07, 6.45) is 0. The van der Waals surface area contributed by atoms with Crippen LogP contribution in [0.2, 0.25) is 0 Å². The monoisotopic (exact) mass is 403 g/mol. The molecule has 30 heavy (non-hydrogen) atoms. The van der Waals surface area contributed by atoms with Gasteiger partial charge in [0.2, 0.25) is 5.91 Å². The van der Waals surface area contributed by atoms with Crippen LogP contribution in [0.5, 0.6) is 5.75 Å². The molecule has 0 radical (unpaired) electrons. The molecule has 0 saturated heterocycles. The van der Waals surface area contributed by atoms with Gasteiger partial charge in [0.05, 0.1) is 13.7 Å². The quantitative estimate of drug-likeness (QED) is 0.602. The summed E-state index contributed by atoms with van der Waals surface area (Å²) in [6, 6.07) is 24.1. The summed E-state index contributed by atoms with van der Waals surface area (Å²) >= 11 is 0. The molecule has 0 spiro atoms. The van der Waals surface area contributed by atoms with E-state index in [0.29, 0.717) is 17.8 Å². The van der Waals surface area contributed by atoms with Crippen molar-refractivity contribution in [1.29, 1.82) is 0 Å². The lowest BCUT2D eigenvalue weighted by Gasteiger charge is -2.18. The number of hydrogen-bond acceptors (Lipinski definition) is 4. The number of benzene rings is 3. The highest BCUT2D eigenvalue weighted by Gasteiger charge is 2.13. The number of amides is 2. The fourth-order valence-electron chi connectivity index (χ4n) is 2.91. The number of carbonyl (C=O) groups excluding carboxylic acids is 2. The van der Waals surface area contributed by atoms with Gasteiger partial charge in [-0.05, 0) is 48.0 Å².